The molecule has 0 aliphatic heterocycles. The lowest BCUT2D eigenvalue weighted by Gasteiger charge is -2.11. The molecule has 0 unspecified atom stereocenters. The van der Waals surface area contributed by atoms with Crippen LogP contribution in [-0.2, 0) is 6.54 Å². The number of rotatable bonds is 5. The molecule has 0 saturated heterocycles. The maximum atomic E-state index is 13.7. The Morgan fingerprint density at radius 3 is 2.29 bits per heavy atom. The predicted molar refractivity (Wildman–Crippen MR) is 83.3 cm³/mol. The Morgan fingerprint density at radius 1 is 1.07 bits per heavy atom. The van der Waals surface area contributed by atoms with Crippen LogP contribution in [0, 0.1) is 29.1 Å². The van der Waals surface area contributed by atoms with E-state index in [-0.39, 0.29) is 17.9 Å². The van der Waals surface area contributed by atoms with Crippen LogP contribution in [0.25, 0.3) is 0 Å². The second-order valence-corrected chi connectivity index (χ2v) is 5.37. The first-order valence-corrected chi connectivity index (χ1v) is 7.57. The van der Waals surface area contributed by atoms with E-state index < -0.39 is 40.8 Å². The van der Waals surface area contributed by atoms with Gasteiger partial charge in [0.2, 0.25) is 34.8 Å². The van der Waals surface area contributed by atoms with Crippen LogP contribution in [0.15, 0.2) is 30.7 Å². The van der Waals surface area contributed by atoms with Crippen molar-refractivity contribution in [3.8, 4) is 11.5 Å². The van der Waals surface area contributed by atoms with E-state index in [1.807, 2.05) is 0 Å². The summed E-state index contributed by atoms with van der Waals surface area (Å²) in [5.41, 5.74) is 0.0454. The van der Waals surface area contributed by atoms with Crippen LogP contribution >= 0.6 is 0 Å². The quantitative estimate of drug-likeness (QED) is 0.217. The molecular weight excluding hydrogens is 389 g/mol. The van der Waals surface area contributed by atoms with Crippen LogP contribution in [-0.4, -0.2) is 27.8 Å². The van der Waals surface area contributed by atoms with Crippen molar-refractivity contribution in [2.24, 2.45) is 0 Å². The first-order valence-electron chi connectivity index (χ1n) is 7.57. The van der Waals surface area contributed by atoms with E-state index in [0.717, 1.165) is 12.3 Å². The average molecular weight is 399 g/mol. The smallest absolute Gasteiger partial charge is 0.345 e. The van der Waals surface area contributed by atoms with Gasteiger partial charge in [0.05, 0.1) is 19.2 Å². The minimum atomic E-state index is -2.36. The molecule has 2 heterocycles. The van der Waals surface area contributed by atoms with Crippen molar-refractivity contribution in [2.75, 3.05) is 7.11 Å². The van der Waals surface area contributed by atoms with Crippen LogP contribution in [0.5, 0.6) is 11.5 Å². The van der Waals surface area contributed by atoms with Crippen molar-refractivity contribution >= 4 is 5.97 Å². The van der Waals surface area contributed by atoms with Crippen LogP contribution in [0.1, 0.15) is 16.1 Å². The summed E-state index contributed by atoms with van der Waals surface area (Å²) in [5, 5.41) is 3.99. The highest BCUT2D eigenvalue weighted by Gasteiger charge is 2.29. The summed E-state index contributed by atoms with van der Waals surface area (Å²) in [4.78, 5) is 16.1. The minimum absolute atomic E-state index is 0.127. The Morgan fingerprint density at radius 2 is 1.71 bits per heavy atom. The molecule has 0 aliphatic rings. The third-order valence-electron chi connectivity index (χ3n) is 3.62. The topological polar surface area (TPSA) is 66.2 Å². The third-order valence-corrected chi connectivity index (χ3v) is 3.62. The molecular formula is C17H10F5N3O3. The lowest BCUT2D eigenvalue weighted by molar-refractivity contribution is 0.0715. The number of ether oxygens (including phenoxy) is 2. The lowest BCUT2D eigenvalue weighted by Crippen LogP contribution is -2.15. The van der Waals surface area contributed by atoms with Crippen LogP contribution < -0.4 is 9.47 Å². The Hall–Kier alpha value is -3.50. The first kappa shape index (κ1) is 19.3. The highest BCUT2D eigenvalue weighted by molar-refractivity contribution is 5.91. The molecule has 6 nitrogen and oxygen atoms in total. The number of aromatic nitrogens is 3. The van der Waals surface area contributed by atoms with E-state index in [4.69, 9.17) is 4.74 Å². The second kappa shape index (κ2) is 7.62. The number of methoxy groups -OCH3 is 1. The number of nitrogens with zero attached hydrogens (tertiary/aromatic N) is 3. The lowest BCUT2D eigenvalue weighted by atomic mass is 10.2. The number of hydrogen-bond donors (Lipinski definition) is 0. The summed E-state index contributed by atoms with van der Waals surface area (Å²) >= 11 is 0. The Labute approximate surface area is 154 Å². The number of carbonyl (C=O) groups is 1. The van der Waals surface area contributed by atoms with E-state index in [0.29, 0.717) is 5.69 Å². The van der Waals surface area contributed by atoms with Crippen molar-refractivity contribution in [3.05, 3.63) is 71.1 Å². The van der Waals surface area contributed by atoms with E-state index in [1.54, 1.807) is 18.5 Å². The van der Waals surface area contributed by atoms with Crippen molar-refractivity contribution in [2.45, 2.75) is 6.54 Å². The van der Waals surface area contributed by atoms with E-state index in [2.05, 4.69) is 14.8 Å². The van der Waals surface area contributed by atoms with Crippen molar-refractivity contribution in [3.63, 3.8) is 0 Å². The van der Waals surface area contributed by atoms with Gasteiger partial charge in [-0.15, -0.1) is 0 Å². The number of esters is 1. The zero-order valence-electron chi connectivity index (χ0n) is 14.1. The van der Waals surface area contributed by atoms with Crippen LogP contribution in [0.2, 0.25) is 0 Å². The second-order valence-electron chi connectivity index (χ2n) is 5.37. The zero-order chi connectivity index (χ0) is 20.4. The van der Waals surface area contributed by atoms with Gasteiger partial charge in [0.15, 0.2) is 0 Å². The van der Waals surface area contributed by atoms with Gasteiger partial charge in [0.25, 0.3) is 0 Å². The Bertz CT molecular complexity index is 1010. The maximum Gasteiger partial charge on any atom is 0.345 e. The molecule has 0 atom stereocenters. The van der Waals surface area contributed by atoms with Gasteiger partial charge in [0, 0.05) is 18.6 Å². The number of hydrogen-bond acceptors (Lipinski definition) is 5. The molecule has 2 aromatic heterocycles. The summed E-state index contributed by atoms with van der Waals surface area (Å²) in [6.07, 6.45) is 4.21. The molecule has 28 heavy (non-hydrogen) atoms. The molecule has 11 heteroatoms. The average Bonchev–Trinajstić information content (AvgIpc) is 3.21. The highest BCUT2D eigenvalue weighted by atomic mass is 19.2. The largest absolute Gasteiger partial charge is 0.495 e. The molecule has 0 fully saturated rings. The van der Waals surface area contributed by atoms with E-state index in [9.17, 15) is 26.7 Å². The number of pyridine rings is 1. The van der Waals surface area contributed by atoms with Gasteiger partial charge in [-0.05, 0) is 12.1 Å². The summed E-state index contributed by atoms with van der Waals surface area (Å²) in [6.45, 7) is 0.198. The number of halogens is 5. The number of carbonyl (C=O) groups excluding carboxylic acids is 1. The SMILES string of the molecule is COc1cc(C(=O)Oc2c(F)c(F)c(F)c(F)c2F)cnc1Cn1cccn1. The molecule has 0 aliphatic carbocycles. The van der Waals surface area contributed by atoms with E-state index in [1.165, 1.54) is 11.8 Å². The Balaban J connectivity index is 1.90. The van der Waals surface area contributed by atoms with Gasteiger partial charge in [-0.3, -0.25) is 9.67 Å². The molecule has 0 bridgehead atoms. The molecule has 0 saturated carbocycles. The molecule has 0 radical (unpaired) electrons. The summed E-state index contributed by atoms with van der Waals surface area (Å²) < 4.78 is 77.8. The van der Waals surface area contributed by atoms with Crippen molar-refractivity contribution in [1.82, 2.24) is 14.8 Å². The number of benzene rings is 1. The van der Waals surface area contributed by atoms with Gasteiger partial charge in [-0.1, -0.05) is 0 Å². The summed E-state index contributed by atoms with van der Waals surface area (Å²) in [7, 11) is 1.29. The first-order chi connectivity index (χ1) is 13.3. The summed E-state index contributed by atoms with van der Waals surface area (Å²) in [6, 6.07) is 2.84. The van der Waals surface area contributed by atoms with Crippen LogP contribution in [0.3, 0.4) is 0 Å². The van der Waals surface area contributed by atoms with Gasteiger partial charge >= 0.3 is 5.97 Å². The molecule has 146 valence electrons. The fraction of sp³-hybridized carbons (Fsp3) is 0.118. The van der Waals surface area contributed by atoms with Crippen molar-refractivity contribution < 1.29 is 36.2 Å². The third kappa shape index (κ3) is 3.50. The monoisotopic (exact) mass is 399 g/mol. The predicted octanol–water partition coefficient (Wildman–Crippen LogP) is 3.25. The van der Waals surface area contributed by atoms with E-state index >= 15 is 0 Å². The molecule has 1 aromatic carbocycles. The maximum absolute atomic E-state index is 13.7. The fourth-order valence-electron chi connectivity index (χ4n) is 2.25. The fourth-order valence-corrected chi connectivity index (χ4v) is 2.25. The van der Waals surface area contributed by atoms with Gasteiger partial charge < -0.3 is 9.47 Å². The molecule has 3 rings (SSSR count). The highest BCUT2D eigenvalue weighted by Crippen LogP contribution is 2.30. The van der Waals surface area contributed by atoms with Gasteiger partial charge in [-0.25, -0.2) is 18.0 Å². The molecule has 3 aromatic rings. The minimum Gasteiger partial charge on any atom is -0.495 e. The Kier molecular flexibility index (Phi) is 5.25. The van der Waals surface area contributed by atoms with Crippen LogP contribution in [0.4, 0.5) is 22.0 Å². The standard InChI is InChI=1S/C17H10F5N3O3/c1-27-10-5-8(6-23-9(10)7-25-4-2-3-24-25)17(26)28-16-14(21)12(19)11(18)13(20)15(16)22/h2-6H,7H2,1H3. The zero-order valence-corrected chi connectivity index (χ0v) is 14.1. The molecule has 0 spiro atoms. The van der Waals surface area contributed by atoms with Gasteiger partial charge in [-0.2, -0.15) is 13.9 Å². The molecule has 0 amide bonds. The summed E-state index contributed by atoms with van der Waals surface area (Å²) in [5.74, 6) is -14.3. The van der Waals surface area contributed by atoms with Gasteiger partial charge in [0.1, 0.15) is 11.4 Å². The van der Waals surface area contributed by atoms with Crippen molar-refractivity contribution in [1.29, 1.82) is 0 Å². The molecule has 0 N–H and O–H groups in total. The normalized spacial score (nSPS) is 10.8.